The predicted molar refractivity (Wildman–Crippen MR) is 103 cm³/mol. The third-order valence-corrected chi connectivity index (χ3v) is 5.39. The quantitative estimate of drug-likeness (QED) is 0.768. The SMILES string of the molecule is CC1CCCCN1CCCNC(=O)Cc1cc(Cl)c2c(c1)OCCCO2. The van der Waals surface area contributed by atoms with Gasteiger partial charge in [0.25, 0.3) is 0 Å². The van der Waals surface area contributed by atoms with Crippen LogP contribution in [-0.4, -0.2) is 49.7 Å². The molecule has 6 heteroatoms. The van der Waals surface area contributed by atoms with E-state index < -0.39 is 0 Å². The summed E-state index contributed by atoms with van der Waals surface area (Å²) in [7, 11) is 0. The lowest BCUT2D eigenvalue weighted by atomic mass is 10.0. The highest BCUT2D eigenvalue weighted by atomic mass is 35.5. The Labute approximate surface area is 161 Å². The molecule has 1 saturated heterocycles. The number of carbonyl (C=O) groups excluding carboxylic acids is 1. The first kappa shape index (κ1) is 19.3. The molecule has 1 unspecified atom stereocenters. The van der Waals surface area contributed by atoms with E-state index in [1.54, 1.807) is 6.07 Å². The molecule has 0 bridgehead atoms. The third kappa shape index (κ3) is 5.27. The maximum absolute atomic E-state index is 12.2. The molecule has 0 aromatic heterocycles. The molecule has 1 amide bonds. The van der Waals surface area contributed by atoms with Crippen molar-refractivity contribution in [2.45, 2.75) is 51.5 Å². The van der Waals surface area contributed by atoms with Crippen molar-refractivity contribution in [2.75, 3.05) is 32.8 Å². The van der Waals surface area contributed by atoms with E-state index in [0.717, 1.165) is 24.9 Å². The topological polar surface area (TPSA) is 50.8 Å². The van der Waals surface area contributed by atoms with Crippen LogP contribution in [0.25, 0.3) is 0 Å². The Morgan fingerprint density at radius 3 is 2.96 bits per heavy atom. The van der Waals surface area contributed by atoms with Crippen LogP contribution >= 0.6 is 11.6 Å². The van der Waals surface area contributed by atoms with E-state index in [1.807, 2.05) is 6.07 Å². The van der Waals surface area contributed by atoms with Gasteiger partial charge in [-0.25, -0.2) is 0 Å². The van der Waals surface area contributed by atoms with Crippen LogP contribution in [0, 0.1) is 0 Å². The number of fused-ring (bicyclic) bond motifs is 1. The molecular weight excluding hydrogens is 352 g/mol. The molecular formula is C20H29ClN2O3. The fraction of sp³-hybridized carbons (Fsp3) is 0.650. The highest BCUT2D eigenvalue weighted by Gasteiger charge is 2.18. The number of hydrogen-bond donors (Lipinski definition) is 1. The van der Waals surface area contributed by atoms with E-state index in [1.165, 1.54) is 25.8 Å². The van der Waals surface area contributed by atoms with Crippen LogP contribution in [0.2, 0.25) is 5.02 Å². The summed E-state index contributed by atoms with van der Waals surface area (Å²) in [6.45, 7) is 6.45. The van der Waals surface area contributed by atoms with Gasteiger partial charge in [0.15, 0.2) is 11.5 Å². The van der Waals surface area contributed by atoms with E-state index in [-0.39, 0.29) is 5.91 Å². The molecule has 1 aromatic carbocycles. The molecule has 144 valence electrons. The summed E-state index contributed by atoms with van der Waals surface area (Å²) >= 11 is 6.29. The average molecular weight is 381 g/mol. The molecule has 1 N–H and O–H groups in total. The average Bonchev–Trinajstić information content (AvgIpc) is 2.86. The maximum atomic E-state index is 12.2. The number of piperidine rings is 1. The second-order valence-corrected chi connectivity index (χ2v) is 7.62. The molecule has 1 aromatic rings. The molecule has 5 nitrogen and oxygen atoms in total. The number of nitrogens with one attached hydrogen (secondary N) is 1. The van der Waals surface area contributed by atoms with Crippen molar-refractivity contribution < 1.29 is 14.3 Å². The predicted octanol–water partition coefficient (Wildman–Crippen LogP) is 3.42. The zero-order valence-corrected chi connectivity index (χ0v) is 16.3. The molecule has 2 aliphatic heterocycles. The van der Waals surface area contributed by atoms with E-state index in [0.29, 0.717) is 48.7 Å². The number of halogens is 1. The number of nitrogens with zero attached hydrogens (tertiary/aromatic N) is 1. The van der Waals surface area contributed by atoms with Crippen LogP contribution in [0.1, 0.15) is 44.6 Å². The summed E-state index contributed by atoms with van der Waals surface area (Å²) in [5.41, 5.74) is 0.849. The van der Waals surface area contributed by atoms with Gasteiger partial charge in [0, 0.05) is 25.6 Å². The van der Waals surface area contributed by atoms with Gasteiger partial charge in [0.05, 0.1) is 24.7 Å². The van der Waals surface area contributed by atoms with Gasteiger partial charge < -0.3 is 19.7 Å². The summed E-state index contributed by atoms with van der Waals surface area (Å²) in [6.07, 6.45) is 6.04. The normalized spacial score (nSPS) is 20.5. The molecule has 3 rings (SSSR count). The first-order valence-electron chi connectivity index (χ1n) is 9.72. The number of carbonyl (C=O) groups is 1. The van der Waals surface area contributed by atoms with Crippen molar-refractivity contribution in [1.29, 1.82) is 0 Å². The zero-order chi connectivity index (χ0) is 18.4. The number of amides is 1. The number of hydrogen-bond acceptors (Lipinski definition) is 4. The van der Waals surface area contributed by atoms with E-state index in [2.05, 4.69) is 17.1 Å². The number of likely N-dealkylation sites (tertiary alicyclic amines) is 1. The molecule has 0 spiro atoms. The minimum absolute atomic E-state index is 0.0160. The van der Waals surface area contributed by atoms with Gasteiger partial charge >= 0.3 is 0 Å². The van der Waals surface area contributed by atoms with Crippen molar-refractivity contribution in [3.8, 4) is 11.5 Å². The van der Waals surface area contributed by atoms with E-state index in [4.69, 9.17) is 21.1 Å². The summed E-state index contributed by atoms with van der Waals surface area (Å²) in [4.78, 5) is 14.8. The molecule has 0 radical (unpaired) electrons. The van der Waals surface area contributed by atoms with Crippen molar-refractivity contribution in [1.82, 2.24) is 10.2 Å². The van der Waals surface area contributed by atoms with Gasteiger partial charge in [-0.3, -0.25) is 4.79 Å². The lowest BCUT2D eigenvalue weighted by Crippen LogP contribution is -2.39. The number of benzene rings is 1. The first-order valence-corrected chi connectivity index (χ1v) is 10.1. The zero-order valence-electron chi connectivity index (χ0n) is 15.6. The summed E-state index contributed by atoms with van der Waals surface area (Å²) < 4.78 is 11.3. The first-order chi connectivity index (χ1) is 12.6. The summed E-state index contributed by atoms with van der Waals surface area (Å²) in [5, 5.41) is 3.52. The largest absolute Gasteiger partial charge is 0.489 e. The third-order valence-electron chi connectivity index (χ3n) is 5.11. The van der Waals surface area contributed by atoms with Crippen LogP contribution in [0.5, 0.6) is 11.5 Å². The molecule has 1 fully saturated rings. The van der Waals surface area contributed by atoms with Crippen LogP contribution in [-0.2, 0) is 11.2 Å². The molecule has 1 atom stereocenters. The summed E-state index contributed by atoms with van der Waals surface area (Å²) in [6, 6.07) is 4.33. The standard InChI is InChI=1S/C20H29ClN2O3/c1-15-6-2-3-8-23(15)9-4-7-22-19(24)14-16-12-17(21)20-18(13-16)25-10-5-11-26-20/h12-13,15H,2-11,14H2,1H3,(H,22,24). The monoisotopic (exact) mass is 380 g/mol. The molecule has 2 heterocycles. The fourth-order valence-electron chi connectivity index (χ4n) is 3.63. The number of rotatable bonds is 6. The maximum Gasteiger partial charge on any atom is 0.224 e. The van der Waals surface area contributed by atoms with Crippen LogP contribution in [0.3, 0.4) is 0 Å². The van der Waals surface area contributed by atoms with Crippen molar-refractivity contribution in [3.05, 3.63) is 22.7 Å². The minimum atomic E-state index is 0.0160. The molecule has 2 aliphatic rings. The minimum Gasteiger partial charge on any atom is -0.489 e. The lowest BCUT2D eigenvalue weighted by Gasteiger charge is -2.33. The second-order valence-electron chi connectivity index (χ2n) is 7.22. The van der Waals surface area contributed by atoms with Gasteiger partial charge in [-0.05, 0) is 50.4 Å². The Balaban J connectivity index is 1.44. The van der Waals surface area contributed by atoms with Crippen molar-refractivity contribution >= 4 is 17.5 Å². The lowest BCUT2D eigenvalue weighted by molar-refractivity contribution is -0.120. The molecule has 26 heavy (non-hydrogen) atoms. The van der Waals surface area contributed by atoms with Gasteiger partial charge in [-0.2, -0.15) is 0 Å². The molecule has 0 saturated carbocycles. The van der Waals surface area contributed by atoms with Crippen LogP contribution in [0.15, 0.2) is 12.1 Å². The Morgan fingerprint density at radius 2 is 2.12 bits per heavy atom. The van der Waals surface area contributed by atoms with Gasteiger partial charge in [-0.1, -0.05) is 18.0 Å². The van der Waals surface area contributed by atoms with Crippen LogP contribution < -0.4 is 14.8 Å². The smallest absolute Gasteiger partial charge is 0.224 e. The highest BCUT2D eigenvalue weighted by molar-refractivity contribution is 6.32. The number of ether oxygens (including phenoxy) is 2. The summed E-state index contributed by atoms with van der Waals surface area (Å²) in [5.74, 6) is 1.24. The van der Waals surface area contributed by atoms with Crippen LogP contribution in [0.4, 0.5) is 0 Å². The fourth-order valence-corrected chi connectivity index (χ4v) is 3.92. The van der Waals surface area contributed by atoms with E-state index >= 15 is 0 Å². The van der Waals surface area contributed by atoms with Gasteiger partial charge in [0.2, 0.25) is 5.91 Å². The van der Waals surface area contributed by atoms with Crippen molar-refractivity contribution in [2.24, 2.45) is 0 Å². The van der Waals surface area contributed by atoms with Gasteiger partial charge in [0.1, 0.15) is 0 Å². The highest BCUT2D eigenvalue weighted by Crippen LogP contribution is 2.38. The molecule has 0 aliphatic carbocycles. The second kappa shape index (κ2) is 9.47. The Bertz CT molecular complexity index is 623. The Morgan fingerprint density at radius 1 is 1.27 bits per heavy atom. The van der Waals surface area contributed by atoms with Gasteiger partial charge in [-0.15, -0.1) is 0 Å². The van der Waals surface area contributed by atoms with E-state index in [9.17, 15) is 4.79 Å². The Kier molecular flexibility index (Phi) is 7.03. The Hall–Kier alpha value is -1.46. The van der Waals surface area contributed by atoms with Crippen molar-refractivity contribution in [3.63, 3.8) is 0 Å².